The summed E-state index contributed by atoms with van der Waals surface area (Å²) >= 11 is 0. The third-order valence-corrected chi connectivity index (χ3v) is 3.34. The smallest absolute Gasteiger partial charge is 0.237 e. The number of carbonyl (C=O) groups excluding carboxylic acids is 1. The highest BCUT2D eigenvalue weighted by Crippen LogP contribution is 2.27. The molecule has 0 bridgehead atoms. The third kappa shape index (κ3) is 3.19. The lowest BCUT2D eigenvalue weighted by Gasteiger charge is -2.27. The van der Waals surface area contributed by atoms with E-state index < -0.39 is 0 Å². The molecule has 1 N–H and O–H groups in total. The van der Waals surface area contributed by atoms with E-state index in [-0.39, 0.29) is 0 Å². The lowest BCUT2D eigenvalue weighted by molar-refractivity contribution is -0.132. The van der Waals surface area contributed by atoms with E-state index in [1.807, 2.05) is 19.0 Å². The second-order valence-corrected chi connectivity index (χ2v) is 5.31. The standard InChI is InChI=1S/C12H23N3O/c1-14(2)9-12(16)15(11-5-6-11)8-10-4-3-7-13-10/h10-11,13H,3-9H2,1-2H3. The summed E-state index contributed by atoms with van der Waals surface area (Å²) in [5.74, 6) is 0.293. The van der Waals surface area contributed by atoms with E-state index in [4.69, 9.17) is 0 Å². The minimum atomic E-state index is 0.293. The van der Waals surface area contributed by atoms with E-state index in [9.17, 15) is 4.79 Å². The molecular weight excluding hydrogens is 202 g/mol. The summed E-state index contributed by atoms with van der Waals surface area (Å²) in [6.45, 7) is 2.58. The molecule has 0 aromatic heterocycles. The van der Waals surface area contributed by atoms with Gasteiger partial charge in [-0.3, -0.25) is 4.79 Å². The maximum absolute atomic E-state index is 12.1. The molecule has 1 heterocycles. The summed E-state index contributed by atoms with van der Waals surface area (Å²) in [4.78, 5) is 16.1. The summed E-state index contributed by atoms with van der Waals surface area (Å²) in [5, 5.41) is 3.47. The van der Waals surface area contributed by atoms with Crippen molar-refractivity contribution in [3.63, 3.8) is 0 Å². The van der Waals surface area contributed by atoms with Crippen LogP contribution in [-0.4, -0.2) is 61.5 Å². The van der Waals surface area contributed by atoms with Crippen LogP contribution in [-0.2, 0) is 4.79 Å². The average molecular weight is 225 g/mol. The molecular formula is C12H23N3O. The van der Waals surface area contributed by atoms with Crippen LogP contribution >= 0.6 is 0 Å². The van der Waals surface area contributed by atoms with Crippen LogP contribution in [0.4, 0.5) is 0 Å². The molecule has 1 saturated heterocycles. The first-order valence-corrected chi connectivity index (χ1v) is 6.34. The van der Waals surface area contributed by atoms with Gasteiger partial charge in [-0.25, -0.2) is 0 Å². The first-order valence-electron chi connectivity index (χ1n) is 6.34. The Bertz CT molecular complexity index is 245. The topological polar surface area (TPSA) is 35.6 Å². The molecule has 1 saturated carbocycles. The van der Waals surface area contributed by atoms with E-state index in [1.54, 1.807) is 0 Å². The Morgan fingerprint density at radius 1 is 1.31 bits per heavy atom. The van der Waals surface area contributed by atoms with Gasteiger partial charge in [0, 0.05) is 18.6 Å². The maximum atomic E-state index is 12.1. The molecule has 1 unspecified atom stereocenters. The minimum Gasteiger partial charge on any atom is -0.337 e. The van der Waals surface area contributed by atoms with Gasteiger partial charge >= 0.3 is 0 Å². The predicted octanol–water partition coefficient (Wildman–Crippen LogP) is 0.291. The van der Waals surface area contributed by atoms with Crippen LogP contribution in [0.5, 0.6) is 0 Å². The molecule has 0 aromatic carbocycles. The van der Waals surface area contributed by atoms with Gasteiger partial charge in [-0.2, -0.15) is 0 Å². The zero-order chi connectivity index (χ0) is 11.5. The largest absolute Gasteiger partial charge is 0.337 e. The number of hydrogen-bond donors (Lipinski definition) is 1. The number of amides is 1. The van der Waals surface area contributed by atoms with Crippen molar-refractivity contribution in [3.05, 3.63) is 0 Å². The second-order valence-electron chi connectivity index (χ2n) is 5.31. The van der Waals surface area contributed by atoms with E-state index in [1.165, 1.54) is 25.7 Å². The highest BCUT2D eigenvalue weighted by Gasteiger charge is 2.34. The monoisotopic (exact) mass is 225 g/mol. The Labute approximate surface area is 98.0 Å². The highest BCUT2D eigenvalue weighted by atomic mass is 16.2. The number of nitrogens with zero attached hydrogens (tertiary/aromatic N) is 2. The fourth-order valence-corrected chi connectivity index (χ4v) is 2.35. The summed E-state index contributed by atoms with van der Waals surface area (Å²) in [7, 11) is 3.91. The number of hydrogen-bond acceptors (Lipinski definition) is 3. The van der Waals surface area contributed by atoms with Gasteiger partial charge in [-0.1, -0.05) is 0 Å². The first-order chi connectivity index (χ1) is 7.66. The SMILES string of the molecule is CN(C)CC(=O)N(CC1CCCN1)C1CC1. The normalized spacial score (nSPS) is 25.1. The van der Waals surface area contributed by atoms with Gasteiger partial charge in [0.25, 0.3) is 0 Å². The fraction of sp³-hybridized carbons (Fsp3) is 0.917. The molecule has 4 nitrogen and oxygen atoms in total. The van der Waals surface area contributed by atoms with Gasteiger partial charge in [0.1, 0.15) is 0 Å². The average Bonchev–Trinajstić information content (AvgIpc) is 2.91. The Morgan fingerprint density at radius 2 is 2.06 bits per heavy atom. The zero-order valence-corrected chi connectivity index (χ0v) is 10.4. The molecule has 2 rings (SSSR count). The molecule has 1 atom stereocenters. The zero-order valence-electron chi connectivity index (χ0n) is 10.4. The number of likely N-dealkylation sites (N-methyl/N-ethyl adjacent to an activating group) is 1. The fourth-order valence-electron chi connectivity index (χ4n) is 2.35. The summed E-state index contributed by atoms with van der Waals surface area (Å²) in [6.07, 6.45) is 4.88. The molecule has 0 aromatic rings. The van der Waals surface area contributed by atoms with Crippen molar-refractivity contribution in [3.8, 4) is 0 Å². The van der Waals surface area contributed by atoms with Gasteiger partial charge in [0.05, 0.1) is 6.54 Å². The first kappa shape index (κ1) is 11.9. The summed E-state index contributed by atoms with van der Waals surface area (Å²) in [6, 6.07) is 1.07. The van der Waals surface area contributed by atoms with Crippen molar-refractivity contribution in [2.24, 2.45) is 0 Å². The molecule has 1 amide bonds. The van der Waals surface area contributed by atoms with Gasteiger partial charge in [0.2, 0.25) is 5.91 Å². The van der Waals surface area contributed by atoms with Crippen LogP contribution < -0.4 is 5.32 Å². The van der Waals surface area contributed by atoms with Gasteiger partial charge in [0.15, 0.2) is 0 Å². The van der Waals surface area contributed by atoms with E-state index in [2.05, 4.69) is 10.2 Å². The van der Waals surface area contributed by atoms with Crippen molar-refractivity contribution in [2.75, 3.05) is 33.7 Å². The van der Waals surface area contributed by atoms with Crippen molar-refractivity contribution in [1.82, 2.24) is 15.1 Å². The summed E-state index contributed by atoms with van der Waals surface area (Å²) in [5.41, 5.74) is 0. The summed E-state index contributed by atoms with van der Waals surface area (Å²) < 4.78 is 0. The van der Waals surface area contributed by atoms with Gasteiger partial charge in [-0.15, -0.1) is 0 Å². The van der Waals surface area contributed by atoms with Crippen molar-refractivity contribution in [2.45, 2.75) is 37.8 Å². The highest BCUT2D eigenvalue weighted by molar-refractivity contribution is 5.79. The van der Waals surface area contributed by atoms with Gasteiger partial charge in [-0.05, 0) is 46.3 Å². The third-order valence-electron chi connectivity index (χ3n) is 3.34. The van der Waals surface area contributed by atoms with Gasteiger partial charge < -0.3 is 15.1 Å². The molecule has 1 aliphatic heterocycles. The predicted molar refractivity (Wildman–Crippen MR) is 64.3 cm³/mol. The lowest BCUT2D eigenvalue weighted by atomic mass is 10.2. The van der Waals surface area contributed by atoms with Crippen molar-refractivity contribution < 1.29 is 4.79 Å². The Morgan fingerprint density at radius 3 is 2.56 bits per heavy atom. The van der Waals surface area contributed by atoms with E-state index in [0.717, 1.165) is 13.1 Å². The maximum Gasteiger partial charge on any atom is 0.237 e. The molecule has 16 heavy (non-hydrogen) atoms. The van der Waals surface area contributed by atoms with Crippen molar-refractivity contribution in [1.29, 1.82) is 0 Å². The molecule has 0 spiro atoms. The Balaban J connectivity index is 1.86. The van der Waals surface area contributed by atoms with Crippen LogP contribution in [0.3, 0.4) is 0 Å². The number of rotatable bonds is 5. The molecule has 1 aliphatic carbocycles. The molecule has 0 radical (unpaired) electrons. The van der Waals surface area contributed by atoms with Crippen LogP contribution in [0.15, 0.2) is 0 Å². The lowest BCUT2D eigenvalue weighted by Crippen LogP contribution is -2.45. The molecule has 4 heteroatoms. The van der Waals surface area contributed by atoms with E-state index >= 15 is 0 Å². The van der Waals surface area contributed by atoms with Crippen LogP contribution in [0.2, 0.25) is 0 Å². The molecule has 2 aliphatic rings. The van der Waals surface area contributed by atoms with E-state index in [0.29, 0.717) is 24.5 Å². The molecule has 92 valence electrons. The van der Waals surface area contributed by atoms with Crippen LogP contribution in [0, 0.1) is 0 Å². The Kier molecular flexibility index (Phi) is 3.82. The Hall–Kier alpha value is -0.610. The van der Waals surface area contributed by atoms with Crippen LogP contribution in [0.25, 0.3) is 0 Å². The quantitative estimate of drug-likeness (QED) is 0.730. The minimum absolute atomic E-state index is 0.293. The molecule has 2 fully saturated rings. The second kappa shape index (κ2) is 5.15. The van der Waals surface area contributed by atoms with Crippen LogP contribution in [0.1, 0.15) is 25.7 Å². The number of nitrogens with one attached hydrogen (secondary N) is 1. The number of carbonyl (C=O) groups is 1. The van der Waals surface area contributed by atoms with Crippen molar-refractivity contribution >= 4 is 5.91 Å².